The number of rotatable bonds is 0. The smallest absolute Gasteiger partial charge is 0.00645 e. The predicted molar refractivity (Wildman–Crippen MR) is 31.0 cm³/mol. The summed E-state index contributed by atoms with van der Waals surface area (Å²) in [6, 6.07) is 0.514. The summed E-state index contributed by atoms with van der Waals surface area (Å²) in [6.45, 7) is 2.23. The maximum absolute atomic E-state index is 5.68. The molecule has 1 aliphatic carbocycles. The van der Waals surface area contributed by atoms with Gasteiger partial charge in [-0.15, -0.1) is 0 Å². The van der Waals surface area contributed by atoms with E-state index in [1.54, 1.807) is 0 Å². The second kappa shape index (κ2) is 1.83. The third-order valence-electron chi connectivity index (χ3n) is 1.93. The van der Waals surface area contributed by atoms with Crippen molar-refractivity contribution in [3.63, 3.8) is 0 Å². The third kappa shape index (κ3) is 0.942. The standard InChI is InChI=1S/C6H13N/c1-5-3-2-4-6(5)7/h5-6H,2-4,7H2,1H3/t5?,6-/m0/s1. The summed E-state index contributed by atoms with van der Waals surface area (Å²) in [5, 5.41) is 0. The molecule has 1 nitrogen and oxygen atoms in total. The van der Waals surface area contributed by atoms with Crippen LogP contribution in [0.5, 0.6) is 0 Å². The van der Waals surface area contributed by atoms with Gasteiger partial charge in [0.2, 0.25) is 0 Å². The van der Waals surface area contributed by atoms with Gasteiger partial charge in [-0.3, -0.25) is 0 Å². The number of nitrogens with two attached hydrogens (primary N) is 1. The van der Waals surface area contributed by atoms with Crippen LogP contribution in [0.3, 0.4) is 0 Å². The SMILES string of the molecule is CC1CCC[C@@H]1N. The lowest BCUT2D eigenvalue weighted by molar-refractivity contribution is 0.527. The average Bonchev–Trinajstić information content (AvgIpc) is 1.91. The molecular weight excluding hydrogens is 86.1 g/mol. The highest BCUT2D eigenvalue weighted by Gasteiger charge is 2.18. The summed E-state index contributed by atoms with van der Waals surface area (Å²) in [5.74, 6) is 0.792. The van der Waals surface area contributed by atoms with Crippen molar-refractivity contribution in [2.75, 3.05) is 0 Å². The van der Waals surface area contributed by atoms with E-state index in [0.29, 0.717) is 6.04 Å². The van der Waals surface area contributed by atoms with Gasteiger partial charge in [0.1, 0.15) is 0 Å². The summed E-state index contributed by atoms with van der Waals surface area (Å²) in [5.41, 5.74) is 5.68. The molecular formula is C6H13N. The van der Waals surface area contributed by atoms with E-state index in [9.17, 15) is 0 Å². The normalized spacial score (nSPS) is 42.0. The van der Waals surface area contributed by atoms with E-state index in [-0.39, 0.29) is 0 Å². The summed E-state index contributed by atoms with van der Waals surface area (Å²) in [4.78, 5) is 0. The fourth-order valence-corrected chi connectivity index (χ4v) is 1.17. The van der Waals surface area contributed by atoms with Crippen LogP contribution in [0.25, 0.3) is 0 Å². The molecule has 1 heteroatoms. The van der Waals surface area contributed by atoms with Gasteiger partial charge in [0.15, 0.2) is 0 Å². The van der Waals surface area contributed by atoms with Gasteiger partial charge < -0.3 is 5.73 Å². The molecule has 0 heterocycles. The molecule has 2 atom stereocenters. The van der Waals surface area contributed by atoms with E-state index in [1.807, 2.05) is 0 Å². The quantitative estimate of drug-likeness (QED) is 0.484. The van der Waals surface area contributed by atoms with Gasteiger partial charge in [0.05, 0.1) is 0 Å². The first-order valence-corrected chi connectivity index (χ1v) is 3.06. The number of hydrogen-bond donors (Lipinski definition) is 1. The van der Waals surface area contributed by atoms with Gasteiger partial charge >= 0.3 is 0 Å². The van der Waals surface area contributed by atoms with Crippen LogP contribution in [-0.2, 0) is 0 Å². The van der Waals surface area contributed by atoms with Crippen LogP contribution in [-0.4, -0.2) is 6.04 Å². The molecule has 0 saturated heterocycles. The molecule has 0 amide bonds. The van der Waals surface area contributed by atoms with Crippen molar-refractivity contribution in [1.82, 2.24) is 0 Å². The van der Waals surface area contributed by atoms with Crippen molar-refractivity contribution in [2.24, 2.45) is 11.7 Å². The van der Waals surface area contributed by atoms with Crippen LogP contribution in [0.4, 0.5) is 0 Å². The average molecular weight is 99.2 g/mol. The lowest BCUT2D eigenvalue weighted by Crippen LogP contribution is -2.21. The molecule has 0 aromatic heterocycles. The Morgan fingerprint density at radius 3 is 2.29 bits per heavy atom. The van der Waals surface area contributed by atoms with Crippen molar-refractivity contribution in [3.8, 4) is 0 Å². The van der Waals surface area contributed by atoms with Crippen LogP contribution in [0, 0.1) is 5.92 Å². The molecule has 1 rings (SSSR count). The fraction of sp³-hybridized carbons (Fsp3) is 1.00. The predicted octanol–water partition coefficient (Wildman–Crippen LogP) is 1.13. The van der Waals surface area contributed by atoms with Gasteiger partial charge in [0.25, 0.3) is 0 Å². The Hall–Kier alpha value is -0.0400. The molecule has 1 aliphatic rings. The molecule has 0 aliphatic heterocycles. The molecule has 0 aromatic rings. The van der Waals surface area contributed by atoms with E-state index in [2.05, 4.69) is 6.92 Å². The van der Waals surface area contributed by atoms with Crippen LogP contribution in [0.2, 0.25) is 0 Å². The minimum absolute atomic E-state index is 0.514. The minimum atomic E-state index is 0.514. The highest BCUT2D eigenvalue weighted by atomic mass is 14.7. The maximum Gasteiger partial charge on any atom is 0.00645 e. The highest BCUT2D eigenvalue weighted by Crippen LogP contribution is 2.22. The first-order valence-electron chi connectivity index (χ1n) is 3.06. The Kier molecular flexibility index (Phi) is 1.33. The van der Waals surface area contributed by atoms with Crippen molar-refractivity contribution >= 4 is 0 Å². The van der Waals surface area contributed by atoms with E-state index in [4.69, 9.17) is 5.73 Å². The lowest BCUT2D eigenvalue weighted by atomic mass is 10.1. The molecule has 1 fully saturated rings. The molecule has 0 bridgehead atoms. The molecule has 0 radical (unpaired) electrons. The largest absolute Gasteiger partial charge is 0.327 e. The summed E-state index contributed by atoms with van der Waals surface area (Å²) >= 11 is 0. The lowest BCUT2D eigenvalue weighted by Gasteiger charge is -2.05. The van der Waals surface area contributed by atoms with E-state index in [0.717, 1.165) is 5.92 Å². The molecule has 0 spiro atoms. The van der Waals surface area contributed by atoms with Crippen LogP contribution < -0.4 is 5.73 Å². The Balaban J connectivity index is 2.33. The zero-order chi connectivity index (χ0) is 5.28. The second-order valence-corrected chi connectivity index (χ2v) is 2.57. The molecule has 2 N–H and O–H groups in total. The van der Waals surface area contributed by atoms with Gasteiger partial charge in [-0.05, 0) is 18.8 Å². The summed E-state index contributed by atoms with van der Waals surface area (Å²) in [7, 11) is 0. The van der Waals surface area contributed by atoms with Crippen molar-refractivity contribution in [3.05, 3.63) is 0 Å². The summed E-state index contributed by atoms with van der Waals surface area (Å²) in [6.07, 6.45) is 3.95. The van der Waals surface area contributed by atoms with Crippen LogP contribution in [0.1, 0.15) is 26.2 Å². The van der Waals surface area contributed by atoms with Crippen molar-refractivity contribution < 1.29 is 0 Å². The van der Waals surface area contributed by atoms with Crippen molar-refractivity contribution in [2.45, 2.75) is 32.2 Å². The van der Waals surface area contributed by atoms with Gasteiger partial charge in [-0.25, -0.2) is 0 Å². The number of hydrogen-bond acceptors (Lipinski definition) is 1. The Labute approximate surface area is 44.9 Å². The Morgan fingerprint density at radius 2 is 2.14 bits per heavy atom. The van der Waals surface area contributed by atoms with Gasteiger partial charge in [-0.1, -0.05) is 13.3 Å². The monoisotopic (exact) mass is 99.1 g/mol. The Bertz CT molecular complexity index is 53.2. The van der Waals surface area contributed by atoms with Crippen LogP contribution >= 0.6 is 0 Å². The summed E-state index contributed by atoms with van der Waals surface area (Å²) < 4.78 is 0. The highest BCUT2D eigenvalue weighted by molar-refractivity contribution is 4.75. The minimum Gasteiger partial charge on any atom is -0.327 e. The molecule has 1 unspecified atom stereocenters. The van der Waals surface area contributed by atoms with Crippen LogP contribution in [0.15, 0.2) is 0 Å². The molecule has 0 aromatic carbocycles. The van der Waals surface area contributed by atoms with E-state index < -0.39 is 0 Å². The van der Waals surface area contributed by atoms with E-state index in [1.165, 1.54) is 19.3 Å². The van der Waals surface area contributed by atoms with Gasteiger partial charge in [-0.2, -0.15) is 0 Å². The molecule has 42 valence electrons. The maximum atomic E-state index is 5.68. The first kappa shape index (κ1) is 5.10. The third-order valence-corrected chi connectivity index (χ3v) is 1.93. The molecule has 1 saturated carbocycles. The fourth-order valence-electron chi connectivity index (χ4n) is 1.17. The zero-order valence-electron chi connectivity index (χ0n) is 4.85. The second-order valence-electron chi connectivity index (χ2n) is 2.57. The Morgan fingerprint density at radius 1 is 1.43 bits per heavy atom. The van der Waals surface area contributed by atoms with Gasteiger partial charge in [0, 0.05) is 6.04 Å². The molecule has 7 heavy (non-hydrogen) atoms. The first-order chi connectivity index (χ1) is 3.30. The van der Waals surface area contributed by atoms with Crippen molar-refractivity contribution in [1.29, 1.82) is 0 Å². The zero-order valence-corrected chi connectivity index (χ0v) is 4.85. The van der Waals surface area contributed by atoms with E-state index >= 15 is 0 Å². The topological polar surface area (TPSA) is 26.0 Å².